The van der Waals surface area contributed by atoms with E-state index in [1.54, 1.807) is 37.7 Å². The molecule has 8 heteroatoms. The molecule has 22 heavy (non-hydrogen) atoms. The number of hydrogen-bond acceptors (Lipinski definition) is 6. The molecule has 0 aliphatic heterocycles. The summed E-state index contributed by atoms with van der Waals surface area (Å²) in [4.78, 5) is 11.9. The van der Waals surface area contributed by atoms with Gasteiger partial charge >= 0.3 is 0 Å². The third kappa shape index (κ3) is 4.58. The zero-order valence-electron chi connectivity index (χ0n) is 12.0. The lowest BCUT2D eigenvalue weighted by Crippen LogP contribution is -2.14. The summed E-state index contributed by atoms with van der Waals surface area (Å²) < 4.78 is 6.84. The van der Waals surface area contributed by atoms with Crippen LogP contribution in [0.1, 0.15) is 5.56 Å². The number of nitrogens with zero attached hydrogens (tertiary/aromatic N) is 4. The Labute approximate surface area is 132 Å². The Hall–Kier alpha value is -2.37. The Kier molecular flexibility index (Phi) is 5.94. The fourth-order valence-electron chi connectivity index (χ4n) is 1.65. The van der Waals surface area contributed by atoms with E-state index in [2.05, 4.69) is 15.5 Å². The summed E-state index contributed by atoms with van der Waals surface area (Å²) in [7, 11) is 1.63. The molecule has 0 aliphatic rings. The Morgan fingerprint density at radius 1 is 1.45 bits per heavy atom. The third-order valence-corrected chi connectivity index (χ3v) is 3.73. The van der Waals surface area contributed by atoms with Crippen LogP contribution in [-0.4, -0.2) is 40.1 Å². The largest absolute Gasteiger partial charge is 0.383 e. The first-order chi connectivity index (χ1) is 10.7. The zero-order chi connectivity index (χ0) is 15.8. The van der Waals surface area contributed by atoms with Crippen molar-refractivity contribution < 1.29 is 9.53 Å². The van der Waals surface area contributed by atoms with Gasteiger partial charge in [-0.15, -0.1) is 10.2 Å². The van der Waals surface area contributed by atoms with Gasteiger partial charge in [-0.2, -0.15) is 5.26 Å². The summed E-state index contributed by atoms with van der Waals surface area (Å²) >= 11 is 1.31. The van der Waals surface area contributed by atoms with Crippen LogP contribution in [0.5, 0.6) is 0 Å². The first-order valence-electron chi connectivity index (χ1n) is 6.52. The van der Waals surface area contributed by atoms with E-state index >= 15 is 0 Å². The van der Waals surface area contributed by atoms with Crippen LogP contribution in [0.3, 0.4) is 0 Å². The molecule has 0 unspecified atom stereocenters. The quantitative estimate of drug-likeness (QED) is 0.778. The van der Waals surface area contributed by atoms with Gasteiger partial charge in [0.15, 0.2) is 5.16 Å². The molecule has 2 aromatic rings. The second kappa shape index (κ2) is 8.17. The first-order valence-corrected chi connectivity index (χ1v) is 7.51. The van der Waals surface area contributed by atoms with Crippen molar-refractivity contribution in [1.29, 1.82) is 5.26 Å². The molecule has 1 aromatic carbocycles. The fraction of sp³-hybridized carbons (Fsp3) is 0.286. The van der Waals surface area contributed by atoms with Crippen molar-refractivity contribution in [2.45, 2.75) is 11.7 Å². The Morgan fingerprint density at radius 3 is 2.91 bits per heavy atom. The van der Waals surface area contributed by atoms with E-state index in [-0.39, 0.29) is 11.7 Å². The Bertz CT molecular complexity index is 663. The molecule has 0 aliphatic carbocycles. The molecule has 0 spiro atoms. The van der Waals surface area contributed by atoms with Crippen LogP contribution in [-0.2, 0) is 16.1 Å². The number of carbonyl (C=O) groups excluding carboxylic acids is 1. The summed E-state index contributed by atoms with van der Waals surface area (Å²) in [6, 6.07) is 8.74. The van der Waals surface area contributed by atoms with Crippen LogP contribution >= 0.6 is 11.8 Å². The van der Waals surface area contributed by atoms with Crippen molar-refractivity contribution in [3.63, 3.8) is 0 Å². The molecule has 1 aromatic heterocycles. The van der Waals surface area contributed by atoms with Crippen LogP contribution in [0.2, 0.25) is 0 Å². The minimum atomic E-state index is -0.143. The Morgan fingerprint density at radius 2 is 2.23 bits per heavy atom. The standard InChI is InChI=1S/C14H15N5O2S/c1-21-7-6-19-10-16-18-14(19)22-9-13(20)17-12-4-2-11(8-15)3-5-12/h2-5,10H,6-7,9H2,1H3,(H,17,20). The molecular weight excluding hydrogens is 302 g/mol. The van der Waals surface area contributed by atoms with Gasteiger partial charge in [-0.25, -0.2) is 0 Å². The fourth-order valence-corrected chi connectivity index (χ4v) is 2.40. The normalized spacial score (nSPS) is 10.2. The lowest BCUT2D eigenvalue weighted by atomic mass is 10.2. The van der Waals surface area contributed by atoms with Crippen molar-refractivity contribution in [3.8, 4) is 6.07 Å². The summed E-state index contributed by atoms with van der Waals surface area (Å²) in [5.74, 6) is 0.0853. The number of amides is 1. The van der Waals surface area contributed by atoms with Crippen LogP contribution in [0.25, 0.3) is 0 Å². The number of anilines is 1. The van der Waals surface area contributed by atoms with Crippen LogP contribution in [0.15, 0.2) is 35.7 Å². The second-order valence-corrected chi connectivity index (χ2v) is 5.27. The number of nitrogens with one attached hydrogen (secondary N) is 1. The highest BCUT2D eigenvalue weighted by Crippen LogP contribution is 2.15. The minimum absolute atomic E-state index is 0.143. The molecule has 7 nitrogen and oxygen atoms in total. The molecule has 0 saturated heterocycles. The van der Waals surface area contributed by atoms with E-state index in [4.69, 9.17) is 10.00 Å². The molecule has 0 radical (unpaired) electrons. The number of aromatic nitrogens is 3. The Balaban J connectivity index is 1.85. The van der Waals surface area contributed by atoms with E-state index in [9.17, 15) is 4.79 Å². The molecule has 0 bridgehead atoms. The third-order valence-electron chi connectivity index (χ3n) is 2.75. The highest BCUT2D eigenvalue weighted by molar-refractivity contribution is 7.99. The summed E-state index contributed by atoms with van der Waals surface area (Å²) in [5, 5.41) is 20.0. The van der Waals surface area contributed by atoms with Gasteiger partial charge in [0.05, 0.1) is 24.0 Å². The van der Waals surface area contributed by atoms with E-state index in [1.807, 2.05) is 10.6 Å². The number of carbonyl (C=O) groups is 1. The van der Waals surface area contributed by atoms with Crippen molar-refractivity contribution in [3.05, 3.63) is 36.2 Å². The number of benzene rings is 1. The first kappa shape index (κ1) is 16.0. The van der Waals surface area contributed by atoms with Gasteiger partial charge in [-0.3, -0.25) is 4.79 Å². The highest BCUT2D eigenvalue weighted by Gasteiger charge is 2.09. The van der Waals surface area contributed by atoms with Gasteiger partial charge in [0.25, 0.3) is 0 Å². The summed E-state index contributed by atoms with van der Waals surface area (Å²) in [5.41, 5.74) is 1.21. The number of rotatable bonds is 7. The van der Waals surface area contributed by atoms with Gasteiger partial charge in [0.1, 0.15) is 6.33 Å². The smallest absolute Gasteiger partial charge is 0.234 e. The maximum atomic E-state index is 11.9. The second-order valence-electron chi connectivity index (χ2n) is 4.33. The summed E-state index contributed by atoms with van der Waals surface area (Å²) in [6.45, 7) is 1.20. The monoisotopic (exact) mass is 317 g/mol. The predicted molar refractivity (Wildman–Crippen MR) is 82.4 cm³/mol. The molecule has 114 valence electrons. The summed E-state index contributed by atoms with van der Waals surface area (Å²) in [6.07, 6.45) is 1.61. The number of thioether (sulfide) groups is 1. The molecule has 1 N–H and O–H groups in total. The van der Waals surface area contributed by atoms with Gasteiger partial charge in [0.2, 0.25) is 5.91 Å². The van der Waals surface area contributed by atoms with Gasteiger partial charge < -0.3 is 14.6 Å². The average molecular weight is 317 g/mol. The van der Waals surface area contributed by atoms with Crippen molar-refractivity contribution in [1.82, 2.24) is 14.8 Å². The zero-order valence-corrected chi connectivity index (χ0v) is 12.8. The molecule has 2 rings (SSSR count). The van der Waals surface area contributed by atoms with E-state index < -0.39 is 0 Å². The number of ether oxygens (including phenoxy) is 1. The number of nitriles is 1. The van der Waals surface area contributed by atoms with Crippen LogP contribution in [0, 0.1) is 11.3 Å². The van der Waals surface area contributed by atoms with Crippen LogP contribution < -0.4 is 5.32 Å². The van der Waals surface area contributed by atoms with Crippen molar-refractivity contribution >= 4 is 23.4 Å². The van der Waals surface area contributed by atoms with Crippen molar-refractivity contribution in [2.24, 2.45) is 0 Å². The topological polar surface area (TPSA) is 92.8 Å². The lowest BCUT2D eigenvalue weighted by molar-refractivity contribution is -0.113. The highest BCUT2D eigenvalue weighted by atomic mass is 32.2. The van der Waals surface area contributed by atoms with Gasteiger partial charge in [0, 0.05) is 19.3 Å². The van der Waals surface area contributed by atoms with E-state index in [1.165, 1.54) is 11.8 Å². The molecule has 0 atom stereocenters. The maximum absolute atomic E-state index is 11.9. The van der Waals surface area contributed by atoms with Gasteiger partial charge in [-0.1, -0.05) is 11.8 Å². The molecule has 1 heterocycles. The molecule has 1 amide bonds. The predicted octanol–water partition coefficient (Wildman–Crippen LogP) is 1.53. The molecule has 0 fully saturated rings. The van der Waals surface area contributed by atoms with E-state index in [0.29, 0.717) is 29.6 Å². The van der Waals surface area contributed by atoms with Crippen LogP contribution in [0.4, 0.5) is 5.69 Å². The lowest BCUT2D eigenvalue weighted by Gasteiger charge is -2.06. The van der Waals surface area contributed by atoms with Crippen molar-refractivity contribution in [2.75, 3.05) is 24.8 Å². The SMILES string of the molecule is COCCn1cnnc1SCC(=O)Nc1ccc(C#N)cc1. The number of methoxy groups -OCH3 is 1. The van der Waals surface area contributed by atoms with Gasteiger partial charge in [-0.05, 0) is 24.3 Å². The van der Waals surface area contributed by atoms with E-state index in [0.717, 1.165) is 0 Å². The number of hydrogen-bond donors (Lipinski definition) is 1. The maximum Gasteiger partial charge on any atom is 0.234 e. The molecule has 0 saturated carbocycles. The molecular formula is C14H15N5O2S. The minimum Gasteiger partial charge on any atom is -0.383 e. The average Bonchev–Trinajstić information content (AvgIpc) is 2.99.